The highest BCUT2D eigenvalue weighted by Crippen LogP contribution is 2.24. The van der Waals surface area contributed by atoms with E-state index < -0.39 is 0 Å². The maximum Gasteiger partial charge on any atom is 0.0412 e. The van der Waals surface area contributed by atoms with Crippen LogP contribution in [-0.2, 0) is 0 Å². The molecule has 1 saturated carbocycles. The number of hydrogen-bond donors (Lipinski definition) is 2. The summed E-state index contributed by atoms with van der Waals surface area (Å²) in [7, 11) is 0. The van der Waals surface area contributed by atoms with Gasteiger partial charge in [-0.05, 0) is 43.9 Å². The highest BCUT2D eigenvalue weighted by Gasteiger charge is 2.21. The molecule has 2 atom stereocenters. The third kappa shape index (κ3) is 2.38. The number of rotatable bonds is 2. The van der Waals surface area contributed by atoms with Crippen LogP contribution in [0.25, 0.3) is 0 Å². The Morgan fingerprint density at radius 2 is 1.94 bits per heavy atom. The summed E-state index contributed by atoms with van der Waals surface area (Å²) in [5.41, 5.74) is 10.1. The molecule has 2 rings (SSSR count). The Bertz CT molecular complexity index is 360. The van der Waals surface area contributed by atoms with Crippen LogP contribution in [0.1, 0.15) is 36.8 Å². The highest BCUT2D eigenvalue weighted by molar-refractivity contribution is 5.54. The minimum Gasteiger partial charge on any atom is -0.381 e. The monoisotopic (exact) mass is 218 g/mol. The SMILES string of the molecule is Cc1cccc(N[C@@H]2CCCC[C@@H]2N)c1C. The van der Waals surface area contributed by atoms with Crippen LogP contribution in [0.3, 0.4) is 0 Å². The third-order valence-corrected chi connectivity index (χ3v) is 3.76. The van der Waals surface area contributed by atoms with Crippen molar-refractivity contribution < 1.29 is 0 Å². The van der Waals surface area contributed by atoms with Gasteiger partial charge in [0.15, 0.2) is 0 Å². The van der Waals surface area contributed by atoms with Gasteiger partial charge < -0.3 is 11.1 Å². The van der Waals surface area contributed by atoms with E-state index in [2.05, 4.69) is 37.4 Å². The normalized spacial score (nSPS) is 25.4. The van der Waals surface area contributed by atoms with Gasteiger partial charge in [0.05, 0.1) is 0 Å². The van der Waals surface area contributed by atoms with Crippen LogP contribution in [0.4, 0.5) is 5.69 Å². The molecule has 0 bridgehead atoms. The molecule has 0 amide bonds. The molecule has 0 saturated heterocycles. The van der Waals surface area contributed by atoms with E-state index in [-0.39, 0.29) is 0 Å². The van der Waals surface area contributed by atoms with Gasteiger partial charge in [-0.2, -0.15) is 0 Å². The Morgan fingerprint density at radius 3 is 2.69 bits per heavy atom. The molecule has 88 valence electrons. The van der Waals surface area contributed by atoms with Crippen LogP contribution in [0.5, 0.6) is 0 Å². The van der Waals surface area contributed by atoms with E-state index in [1.165, 1.54) is 36.1 Å². The van der Waals surface area contributed by atoms with Gasteiger partial charge in [0.1, 0.15) is 0 Å². The number of aryl methyl sites for hydroxylation is 1. The lowest BCUT2D eigenvalue weighted by Gasteiger charge is -2.30. The molecular weight excluding hydrogens is 196 g/mol. The van der Waals surface area contributed by atoms with Crippen molar-refractivity contribution in [3.63, 3.8) is 0 Å². The molecule has 2 nitrogen and oxygen atoms in total. The van der Waals surface area contributed by atoms with Crippen LogP contribution in [0.15, 0.2) is 18.2 Å². The Labute approximate surface area is 98.2 Å². The first kappa shape index (κ1) is 11.5. The van der Waals surface area contributed by atoms with Gasteiger partial charge in [0.25, 0.3) is 0 Å². The van der Waals surface area contributed by atoms with Crippen molar-refractivity contribution in [3.8, 4) is 0 Å². The zero-order valence-electron chi connectivity index (χ0n) is 10.3. The van der Waals surface area contributed by atoms with Gasteiger partial charge in [0.2, 0.25) is 0 Å². The van der Waals surface area contributed by atoms with E-state index in [1.807, 2.05) is 0 Å². The van der Waals surface area contributed by atoms with Crippen molar-refractivity contribution in [3.05, 3.63) is 29.3 Å². The Balaban J connectivity index is 2.10. The second-order valence-corrected chi connectivity index (χ2v) is 4.95. The van der Waals surface area contributed by atoms with E-state index in [0.717, 1.165) is 6.42 Å². The zero-order chi connectivity index (χ0) is 11.5. The van der Waals surface area contributed by atoms with Crippen molar-refractivity contribution in [2.75, 3.05) is 5.32 Å². The lowest BCUT2D eigenvalue weighted by Crippen LogP contribution is -2.42. The first-order valence-corrected chi connectivity index (χ1v) is 6.27. The molecule has 1 fully saturated rings. The summed E-state index contributed by atoms with van der Waals surface area (Å²) >= 11 is 0. The molecule has 16 heavy (non-hydrogen) atoms. The minimum absolute atomic E-state index is 0.314. The first-order chi connectivity index (χ1) is 7.68. The summed E-state index contributed by atoms with van der Waals surface area (Å²) in [6.45, 7) is 4.33. The zero-order valence-corrected chi connectivity index (χ0v) is 10.3. The Kier molecular flexibility index (Phi) is 3.49. The number of hydrogen-bond acceptors (Lipinski definition) is 2. The standard InChI is InChI=1S/C14H22N2/c1-10-6-5-9-13(11(10)2)16-14-8-4-3-7-12(14)15/h5-6,9,12,14,16H,3-4,7-8,15H2,1-2H3/t12-,14+/m0/s1. The predicted molar refractivity (Wildman–Crippen MR) is 69.8 cm³/mol. The van der Waals surface area contributed by atoms with Crippen LogP contribution in [0, 0.1) is 13.8 Å². The predicted octanol–water partition coefficient (Wildman–Crippen LogP) is 2.99. The highest BCUT2D eigenvalue weighted by atomic mass is 15.0. The van der Waals surface area contributed by atoms with Crippen LogP contribution < -0.4 is 11.1 Å². The molecule has 0 heterocycles. The molecule has 1 aliphatic rings. The largest absolute Gasteiger partial charge is 0.381 e. The van der Waals surface area contributed by atoms with Crippen LogP contribution in [-0.4, -0.2) is 12.1 Å². The second-order valence-electron chi connectivity index (χ2n) is 4.95. The van der Waals surface area contributed by atoms with Gasteiger partial charge in [-0.1, -0.05) is 25.0 Å². The van der Waals surface area contributed by atoms with Gasteiger partial charge in [-0.3, -0.25) is 0 Å². The summed E-state index contributed by atoms with van der Waals surface area (Å²) in [5, 5.41) is 3.61. The average molecular weight is 218 g/mol. The van der Waals surface area contributed by atoms with E-state index >= 15 is 0 Å². The van der Waals surface area contributed by atoms with E-state index in [4.69, 9.17) is 5.73 Å². The quantitative estimate of drug-likeness (QED) is 0.801. The number of anilines is 1. The maximum absolute atomic E-state index is 6.15. The van der Waals surface area contributed by atoms with Crippen LogP contribution in [0.2, 0.25) is 0 Å². The fourth-order valence-electron chi connectivity index (χ4n) is 2.45. The maximum atomic E-state index is 6.15. The van der Waals surface area contributed by atoms with Gasteiger partial charge in [0, 0.05) is 17.8 Å². The van der Waals surface area contributed by atoms with Crippen LogP contribution >= 0.6 is 0 Å². The minimum atomic E-state index is 0.314. The number of nitrogens with two attached hydrogens (primary N) is 1. The summed E-state index contributed by atoms with van der Waals surface area (Å²) in [6, 6.07) is 7.19. The van der Waals surface area contributed by atoms with Gasteiger partial charge in [-0.25, -0.2) is 0 Å². The first-order valence-electron chi connectivity index (χ1n) is 6.27. The van der Waals surface area contributed by atoms with Crippen molar-refractivity contribution in [2.45, 2.75) is 51.6 Å². The Hall–Kier alpha value is -1.02. The van der Waals surface area contributed by atoms with Gasteiger partial charge in [-0.15, -0.1) is 0 Å². The molecule has 0 spiro atoms. The van der Waals surface area contributed by atoms with Crippen molar-refractivity contribution in [1.29, 1.82) is 0 Å². The van der Waals surface area contributed by atoms with E-state index in [9.17, 15) is 0 Å². The topological polar surface area (TPSA) is 38.0 Å². The van der Waals surface area contributed by atoms with E-state index in [1.54, 1.807) is 0 Å². The summed E-state index contributed by atoms with van der Waals surface area (Å²) in [6.07, 6.45) is 4.94. The van der Waals surface area contributed by atoms with Gasteiger partial charge >= 0.3 is 0 Å². The second kappa shape index (κ2) is 4.88. The molecule has 1 aromatic carbocycles. The fourth-order valence-corrected chi connectivity index (χ4v) is 2.45. The van der Waals surface area contributed by atoms with Crippen molar-refractivity contribution >= 4 is 5.69 Å². The molecule has 0 radical (unpaired) electrons. The lowest BCUT2D eigenvalue weighted by atomic mass is 9.90. The van der Waals surface area contributed by atoms with Crippen molar-refractivity contribution in [2.24, 2.45) is 5.73 Å². The fraction of sp³-hybridized carbons (Fsp3) is 0.571. The lowest BCUT2D eigenvalue weighted by molar-refractivity contribution is 0.404. The average Bonchev–Trinajstić information content (AvgIpc) is 2.28. The summed E-state index contributed by atoms with van der Waals surface area (Å²) < 4.78 is 0. The summed E-state index contributed by atoms with van der Waals surface area (Å²) in [5.74, 6) is 0. The Morgan fingerprint density at radius 1 is 1.19 bits per heavy atom. The molecule has 2 heteroatoms. The molecule has 1 aromatic rings. The molecule has 0 aromatic heterocycles. The molecule has 3 N–H and O–H groups in total. The van der Waals surface area contributed by atoms with Crippen molar-refractivity contribution in [1.82, 2.24) is 0 Å². The summed E-state index contributed by atoms with van der Waals surface area (Å²) in [4.78, 5) is 0. The molecular formula is C14H22N2. The number of benzene rings is 1. The smallest absolute Gasteiger partial charge is 0.0412 e. The van der Waals surface area contributed by atoms with E-state index in [0.29, 0.717) is 12.1 Å². The molecule has 0 aliphatic heterocycles. The number of nitrogens with one attached hydrogen (secondary N) is 1. The molecule has 0 unspecified atom stereocenters. The third-order valence-electron chi connectivity index (χ3n) is 3.76. The molecule has 1 aliphatic carbocycles.